The molecule has 2 aliphatic carbocycles. The molecule has 0 heterocycles. The number of benzene rings is 1. The summed E-state index contributed by atoms with van der Waals surface area (Å²) in [6.45, 7) is 12.9. The molecule has 3 unspecified atom stereocenters. The molecule has 0 aromatic heterocycles. The van der Waals surface area contributed by atoms with Crippen molar-refractivity contribution in [3.63, 3.8) is 0 Å². The first kappa shape index (κ1) is 19.1. The van der Waals surface area contributed by atoms with Crippen LogP contribution < -0.4 is 5.43 Å². The summed E-state index contributed by atoms with van der Waals surface area (Å²) in [5, 5.41) is 14.7. The summed E-state index contributed by atoms with van der Waals surface area (Å²) in [4.78, 5) is 13.0. The van der Waals surface area contributed by atoms with Gasteiger partial charge in [-0.05, 0) is 46.6 Å². The van der Waals surface area contributed by atoms with Gasteiger partial charge in [-0.2, -0.15) is 5.10 Å². The SMILES string of the molecule is CC(C)(C)c1ccc(C=NNC(=O)C23CCC(C)(C(O)C2)C3(C)C)cc1. The number of carbonyl (C=O) groups excluding carboxylic acids is 1. The molecule has 2 saturated carbocycles. The number of aliphatic hydroxyl groups is 1. The Labute approximate surface area is 157 Å². The van der Waals surface area contributed by atoms with Crippen molar-refractivity contribution in [3.8, 4) is 0 Å². The average molecular weight is 357 g/mol. The van der Waals surface area contributed by atoms with E-state index >= 15 is 0 Å². The molecule has 2 bridgehead atoms. The normalized spacial score (nSPS) is 33.0. The van der Waals surface area contributed by atoms with Gasteiger partial charge in [-0.15, -0.1) is 0 Å². The topological polar surface area (TPSA) is 61.7 Å². The summed E-state index contributed by atoms with van der Waals surface area (Å²) in [5.41, 5.74) is 4.12. The van der Waals surface area contributed by atoms with E-state index in [9.17, 15) is 9.90 Å². The number of nitrogens with one attached hydrogen (secondary N) is 1. The number of rotatable bonds is 3. The van der Waals surface area contributed by atoms with E-state index in [1.807, 2.05) is 12.1 Å². The Morgan fingerprint density at radius 2 is 1.81 bits per heavy atom. The minimum absolute atomic E-state index is 0.0645. The van der Waals surface area contributed by atoms with Gasteiger partial charge in [-0.3, -0.25) is 4.79 Å². The summed E-state index contributed by atoms with van der Waals surface area (Å²) >= 11 is 0. The second-order valence-corrected chi connectivity index (χ2v) is 9.92. The molecule has 142 valence electrons. The quantitative estimate of drug-likeness (QED) is 0.635. The molecule has 0 spiro atoms. The van der Waals surface area contributed by atoms with Crippen LogP contribution in [0.3, 0.4) is 0 Å². The Morgan fingerprint density at radius 1 is 1.19 bits per heavy atom. The lowest BCUT2D eigenvalue weighted by Crippen LogP contribution is -2.45. The maximum Gasteiger partial charge on any atom is 0.246 e. The molecule has 0 saturated heterocycles. The van der Waals surface area contributed by atoms with Gasteiger partial charge in [-0.1, -0.05) is 65.8 Å². The van der Waals surface area contributed by atoms with Crippen molar-refractivity contribution in [3.05, 3.63) is 35.4 Å². The maximum absolute atomic E-state index is 13.0. The van der Waals surface area contributed by atoms with E-state index in [4.69, 9.17) is 0 Å². The molecule has 4 heteroatoms. The van der Waals surface area contributed by atoms with Crippen LogP contribution in [0.15, 0.2) is 29.4 Å². The van der Waals surface area contributed by atoms with E-state index in [1.165, 1.54) is 5.56 Å². The summed E-state index contributed by atoms with van der Waals surface area (Å²) in [7, 11) is 0. The molecular formula is C22H32N2O2. The highest BCUT2D eigenvalue weighted by Crippen LogP contribution is 2.72. The fourth-order valence-electron chi connectivity index (χ4n) is 4.97. The van der Waals surface area contributed by atoms with Crippen LogP contribution in [0.1, 0.15) is 71.9 Å². The summed E-state index contributed by atoms with van der Waals surface area (Å²) in [6, 6.07) is 8.23. The Bertz CT molecular complexity index is 730. The van der Waals surface area contributed by atoms with E-state index in [2.05, 4.69) is 64.2 Å². The molecule has 3 rings (SSSR count). The van der Waals surface area contributed by atoms with Crippen LogP contribution in [0.25, 0.3) is 0 Å². The number of amides is 1. The second-order valence-electron chi connectivity index (χ2n) is 9.92. The minimum Gasteiger partial charge on any atom is -0.393 e. The molecule has 2 aliphatic rings. The minimum atomic E-state index is -0.533. The monoisotopic (exact) mass is 356 g/mol. The number of aliphatic hydroxyl groups excluding tert-OH is 1. The van der Waals surface area contributed by atoms with Gasteiger partial charge < -0.3 is 5.11 Å². The molecule has 2 fully saturated rings. The lowest BCUT2D eigenvalue weighted by molar-refractivity contribution is -0.136. The van der Waals surface area contributed by atoms with E-state index in [-0.39, 0.29) is 22.2 Å². The zero-order valence-electron chi connectivity index (χ0n) is 16.9. The number of hydrogen-bond donors (Lipinski definition) is 2. The van der Waals surface area contributed by atoms with Gasteiger partial charge in [0.2, 0.25) is 5.91 Å². The lowest BCUT2D eigenvalue weighted by atomic mass is 9.64. The first-order chi connectivity index (χ1) is 11.9. The lowest BCUT2D eigenvalue weighted by Gasteiger charge is -2.39. The van der Waals surface area contributed by atoms with E-state index < -0.39 is 11.5 Å². The number of carbonyl (C=O) groups is 1. The van der Waals surface area contributed by atoms with Crippen molar-refractivity contribution in [1.82, 2.24) is 5.43 Å². The zero-order chi connectivity index (χ0) is 19.4. The van der Waals surface area contributed by atoms with Crippen LogP contribution >= 0.6 is 0 Å². The van der Waals surface area contributed by atoms with Gasteiger partial charge in [0.15, 0.2) is 0 Å². The van der Waals surface area contributed by atoms with Crippen LogP contribution in [0.5, 0.6) is 0 Å². The van der Waals surface area contributed by atoms with Gasteiger partial charge in [0.25, 0.3) is 0 Å². The fraction of sp³-hybridized carbons (Fsp3) is 0.636. The average Bonchev–Trinajstić information content (AvgIpc) is 2.85. The van der Waals surface area contributed by atoms with Crippen molar-refractivity contribution < 1.29 is 9.90 Å². The van der Waals surface area contributed by atoms with Crippen molar-refractivity contribution >= 4 is 12.1 Å². The molecule has 4 nitrogen and oxygen atoms in total. The molecule has 1 amide bonds. The zero-order valence-corrected chi connectivity index (χ0v) is 16.9. The highest BCUT2D eigenvalue weighted by molar-refractivity contribution is 5.87. The molecule has 0 radical (unpaired) electrons. The third kappa shape index (κ3) is 2.61. The largest absolute Gasteiger partial charge is 0.393 e. The number of nitrogens with zero attached hydrogens (tertiary/aromatic N) is 1. The summed E-state index contributed by atoms with van der Waals surface area (Å²) in [6.07, 6.45) is 3.49. The molecule has 2 N–H and O–H groups in total. The molecule has 1 aromatic rings. The fourth-order valence-corrected chi connectivity index (χ4v) is 4.97. The Hall–Kier alpha value is -1.68. The van der Waals surface area contributed by atoms with Gasteiger partial charge in [0.1, 0.15) is 0 Å². The molecular weight excluding hydrogens is 324 g/mol. The maximum atomic E-state index is 13.0. The number of hydrazone groups is 1. The summed E-state index contributed by atoms with van der Waals surface area (Å²) in [5.74, 6) is -0.0645. The Balaban J connectivity index is 1.71. The molecule has 26 heavy (non-hydrogen) atoms. The first-order valence-corrected chi connectivity index (χ1v) is 9.56. The molecule has 0 aliphatic heterocycles. The predicted molar refractivity (Wildman–Crippen MR) is 105 cm³/mol. The van der Waals surface area contributed by atoms with Crippen molar-refractivity contribution in [1.29, 1.82) is 0 Å². The van der Waals surface area contributed by atoms with Crippen molar-refractivity contribution in [2.24, 2.45) is 21.3 Å². The Kier molecular flexibility index (Phi) is 4.34. The van der Waals surface area contributed by atoms with Gasteiger partial charge in [-0.25, -0.2) is 5.43 Å². The van der Waals surface area contributed by atoms with Crippen LogP contribution in [-0.2, 0) is 10.2 Å². The number of fused-ring (bicyclic) bond motifs is 2. The van der Waals surface area contributed by atoms with Gasteiger partial charge in [0.05, 0.1) is 17.7 Å². The van der Waals surface area contributed by atoms with Gasteiger partial charge >= 0.3 is 0 Å². The third-order valence-corrected chi connectivity index (χ3v) is 7.56. The van der Waals surface area contributed by atoms with Crippen LogP contribution in [0.4, 0.5) is 0 Å². The first-order valence-electron chi connectivity index (χ1n) is 9.56. The second kappa shape index (κ2) is 5.91. The van der Waals surface area contributed by atoms with E-state index in [0.29, 0.717) is 6.42 Å². The summed E-state index contributed by atoms with van der Waals surface area (Å²) < 4.78 is 0. The highest BCUT2D eigenvalue weighted by Gasteiger charge is 2.72. The third-order valence-electron chi connectivity index (χ3n) is 7.56. The van der Waals surface area contributed by atoms with Crippen LogP contribution in [0, 0.1) is 16.2 Å². The van der Waals surface area contributed by atoms with Crippen LogP contribution in [0.2, 0.25) is 0 Å². The number of hydrogen-bond acceptors (Lipinski definition) is 3. The standard InChI is InChI=1S/C22H32N2O2/c1-19(2,3)16-9-7-15(8-10-16)14-23-24-18(26)22-12-11-21(6,17(25)13-22)20(22,4)5/h7-10,14,17,25H,11-13H2,1-6H3,(H,24,26). The van der Waals surface area contributed by atoms with E-state index in [0.717, 1.165) is 18.4 Å². The van der Waals surface area contributed by atoms with Crippen molar-refractivity contribution in [2.45, 2.75) is 72.3 Å². The van der Waals surface area contributed by atoms with Crippen LogP contribution in [-0.4, -0.2) is 23.3 Å². The van der Waals surface area contributed by atoms with E-state index in [1.54, 1.807) is 6.21 Å². The predicted octanol–water partition coefficient (Wildman–Crippen LogP) is 4.01. The Morgan fingerprint density at radius 3 is 2.27 bits per heavy atom. The van der Waals surface area contributed by atoms with Crippen molar-refractivity contribution in [2.75, 3.05) is 0 Å². The van der Waals surface area contributed by atoms with Gasteiger partial charge in [0, 0.05) is 0 Å². The highest BCUT2D eigenvalue weighted by atomic mass is 16.3. The molecule has 3 atom stereocenters. The molecule has 1 aromatic carbocycles. The smallest absolute Gasteiger partial charge is 0.246 e.